The van der Waals surface area contributed by atoms with Gasteiger partial charge in [-0.05, 0) is 123 Å². The number of carbonyl (C=O) groups is 2. The zero-order valence-corrected chi connectivity index (χ0v) is 40.1. The number of para-hydroxylation sites is 1. The fraction of sp³-hybridized carbons (Fsp3) is 0.382. The summed E-state index contributed by atoms with van der Waals surface area (Å²) in [6.45, 7) is 22.8. The Hall–Kier alpha value is -6.10. The van der Waals surface area contributed by atoms with E-state index in [2.05, 4.69) is 133 Å². The van der Waals surface area contributed by atoms with Crippen molar-refractivity contribution < 1.29 is 9.59 Å². The second kappa shape index (κ2) is 20.8. The monoisotopic (exact) mass is 875 g/mol. The van der Waals surface area contributed by atoms with Gasteiger partial charge in [-0.3, -0.25) is 19.4 Å². The van der Waals surface area contributed by atoms with Crippen molar-refractivity contribution in [1.29, 1.82) is 0 Å². The molecule has 65 heavy (non-hydrogen) atoms. The second-order valence-electron chi connectivity index (χ2n) is 19.0. The van der Waals surface area contributed by atoms with Gasteiger partial charge in [-0.1, -0.05) is 58.0 Å². The summed E-state index contributed by atoms with van der Waals surface area (Å²) in [4.78, 5) is 42.1. The summed E-state index contributed by atoms with van der Waals surface area (Å²) in [7, 11) is 3.90. The molecule has 1 atom stereocenters. The van der Waals surface area contributed by atoms with Crippen molar-refractivity contribution in [2.45, 2.75) is 73.8 Å². The van der Waals surface area contributed by atoms with Crippen LogP contribution in [-0.4, -0.2) is 97.5 Å². The number of fused-ring (bicyclic) bond motifs is 2. The summed E-state index contributed by atoms with van der Waals surface area (Å²) in [6, 6.07) is 28.3. The molecule has 2 aromatic heterocycles. The van der Waals surface area contributed by atoms with Gasteiger partial charge in [-0.15, -0.1) is 0 Å². The Bertz CT molecular complexity index is 2660. The third-order valence-electron chi connectivity index (χ3n) is 12.9. The maximum absolute atomic E-state index is 13.0. The summed E-state index contributed by atoms with van der Waals surface area (Å²) < 4.78 is 0. The fourth-order valence-corrected chi connectivity index (χ4v) is 9.18. The van der Waals surface area contributed by atoms with Crippen molar-refractivity contribution in [3.8, 4) is 0 Å². The number of aromatic amines is 2. The Morgan fingerprint density at radius 2 is 1.32 bits per heavy atom. The summed E-state index contributed by atoms with van der Waals surface area (Å²) >= 11 is 0. The number of carbonyl (C=O) groups excluding carboxylic acids is 2. The number of nitrogens with one attached hydrogen (secondary N) is 4. The number of benzene rings is 4. The minimum atomic E-state index is -0.0968. The summed E-state index contributed by atoms with van der Waals surface area (Å²) in [6.07, 6.45) is 12.2. The molecule has 4 aromatic carbocycles. The first-order valence-corrected chi connectivity index (χ1v) is 23.6. The van der Waals surface area contributed by atoms with Gasteiger partial charge >= 0.3 is 0 Å². The molecular formula is C55H70N8O2. The molecule has 0 bridgehead atoms. The van der Waals surface area contributed by atoms with Gasteiger partial charge in [0, 0.05) is 140 Å². The topological polar surface area (TPSA) is 103 Å². The van der Waals surface area contributed by atoms with Gasteiger partial charge < -0.3 is 30.4 Å². The van der Waals surface area contributed by atoms with Gasteiger partial charge in [0.1, 0.15) is 0 Å². The molecule has 2 aliphatic heterocycles. The van der Waals surface area contributed by atoms with Gasteiger partial charge in [-0.2, -0.15) is 0 Å². The van der Waals surface area contributed by atoms with Crippen molar-refractivity contribution in [1.82, 2.24) is 19.8 Å². The predicted molar refractivity (Wildman–Crippen MR) is 276 cm³/mol. The van der Waals surface area contributed by atoms with E-state index in [0.29, 0.717) is 22.6 Å². The van der Waals surface area contributed by atoms with Crippen LogP contribution in [0.5, 0.6) is 0 Å². The number of amides is 2. The van der Waals surface area contributed by atoms with E-state index in [1.807, 2.05) is 79.7 Å². The number of hydrogen-bond acceptors (Lipinski definition) is 6. The molecule has 10 heteroatoms. The van der Waals surface area contributed by atoms with E-state index in [4.69, 9.17) is 0 Å². The molecule has 0 spiro atoms. The van der Waals surface area contributed by atoms with Crippen LogP contribution in [-0.2, 0) is 0 Å². The summed E-state index contributed by atoms with van der Waals surface area (Å²) in [5.74, 6) is -0.179. The molecule has 1 unspecified atom stereocenters. The first-order chi connectivity index (χ1) is 31.2. The van der Waals surface area contributed by atoms with E-state index in [-0.39, 0.29) is 11.8 Å². The Labute approximate surface area is 386 Å². The Balaban J connectivity index is 0.000000194. The van der Waals surface area contributed by atoms with Gasteiger partial charge in [0.25, 0.3) is 11.8 Å². The lowest BCUT2D eigenvalue weighted by Crippen LogP contribution is -2.35. The number of anilines is 4. The number of nitrogens with zero attached hydrogens (tertiary/aromatic N) is 4. The highest BCUT2D eigenvalue weighted by molar-refractivity contribution is 6.09. The molecule has 0 aliphatic carbocycles. The molecule has 0 fully saturated rings. The van der Waals surface area contributed by atoms with Crippen LogP contribution in [0.25, 0.3) is 33.0 Å². The molecule has 0 saturated carbocycles. The lowest BCUT2D eigenvalue weighted by molar-refractivity contribution is 0.101. The first kappa shape index (κ1) is 46.9. The van der Waals surface area contributed by atoms with Crippen LogP contribution in [0.1, 0.15) is 99.6 Å². The maximum Gasteiger partial charge on any atom is 0.257 e. The SMILES string of the molecule is CCC(C)N1CC=C(c2c[nH]c3ccc(NC(=O)c4cccc(N(CC)CC)c4)cc23)CC1.CN(C)c1ccccc1C(=O)Nc1ccc2[nH]cc(C3=CCN(CC(C)(C)C)CC3)c2c1. The number of aromatic nitrogens is 2. The van der Waals surface area contributed by atoms with Crippen LogP contribution in [0.3, 0.4) is 0 Å². The van der Waals surface area contributed by atoms with Crippen molar-refractivity contribution in [3.63, 3.8) is 0 Å². The first-order valence-electron chi connectivity index (χ1n) is 23.6. The fourth-order valence-electron chi connectivity index (χ4n) is 9.18. The maximum atomic E-state index is 13.0. The second-order valence-corrected chi connectivity index (χ2v) is 19.0. The van der Waals surface area contributed by atoms with E-state index >= 15 is 0 Å². The van der Waals surface area contributed by atoms with Gasteiger partial charge in [-0.25, -0.2) is 0 Å². The van der Waals surface area contributed by atoms with Crippen LogP contribution in [0.15, 0.2) is 109 Å². The van der Waals surface area contributed by atoms with Crippen LogP contribution >= 0.6 is 0 Å². The van der Waals surface area contributed by atoms with E-state index in [9.17, 15) is 9.59 Å². The third kappa shape index (κ3) is 11.4. The van der Waals surface area contributed by atoms with Crippen LogP contribution in [0.4, 0.5) is 22.7 Å². The number of hydrogen-bond donors (Lipinski definition) is 4. The van der Waals surface area contributed by atoms with Crippen molar-refractivity contribution >= 4 is 67.5 Å². The van der Waals surface area contributed by atoms with Crippen molar-refractivity contribution in [2.24, 2.45) is 5.41 Å². The highest BCUT2D eigenvalue weighted by Gasteiger charge is 2.22. The smallest absolute Gasteiger partial charge is 0.257 e. The highest BCUT2D eigenvalue weighted by atomic mass is 16.2. The van der Waals surface area contributed by atoms with Crippen molar-refractivity contribution in [2.75, 3.05) is 80.3 Å². The molecular weight excluding hydrogens is 805 g/mol. The van der Waals surface area contributed by atoms with E-state index in [0.717, 1.165) is 103 Å². The molecule has 4 heterocycles. The molecule has 0 radical (unpaired) electrons. The molecule has 2 amide bonds. The zero-order chi connectivity index (χ0) is 46.3. The summed E-state index contributed by atoms with van der Waals surface area (Å²) in [5.41, 5.74) is 12.7. The average Bonchev–Trinajstić information content (AvgIpc) is 3.93. The number of H-pyrrole nitrogens is 2. The molecule has 8 rings (SSSR count). The van der Waals surface area contributed by atoms with Crippen LogP contribution in [0.2, 0.25) is 0 Å². The van der Waals surface area contributed by atoms with Gasteiger partial charge in [0.05, 0.1) is 5.56 Å². The lowest BCUT2D eigenvalue weighted by atomic mass is 9.93. The quantitative estimate of drug-likeness (QED) is 0.0922. The Morgan fingerprint density at radius 3 is 1.86 bits per heavy atom. The van der Waals surface area contributed by atoms with Gasteiger partial charge in [0.2, 0.25) is 0 Å². The highest BCUT2D eigenvalue weighted by Crippen LogP contribution is 2.34. The van der Waals surface area contributed by atoms with E-state index in [1.165, 1.54) is 28.7 Å². The molecule has 6 aromatic rings. The normalized spacial score (nSPS) is 15.2. The van der Waals surface area contributed by atoms with Crippen molar-refractivity contribution in [3.05, 3.63) is 132 Å². The zero-order valence-electron chi connectivity index (χ0n) is 40.1. The van der Waals surface area contributed by atoms with E-state index in [1.54, 1.807) is 0 Å². The average molecular weight is 875 g/mol. The minimum absolute atomic E-state index is 0.0819. The minimum Gasteiger partial charge on any atom is -0.377 e. The largest absolute Gasteiger partial charge is 0.377 e. The molecule has 4 N–H and O–H groups in total. The van der Waals surface area contributed by atoms with Crippen LogP contribution < -0.4 is 20.4 Å². The van der Waals surface area contributed by atoms with Crippen LogP contribution in [0, 0.1) is 5.41 Å². The molecule has 0 saturated heterocycles. The molecule has 2 aliphatic rings. The lowest BCUT2D eigenvalue weighted by Gasteiger charge is -2.32. The molecule has 342 valence electrons. The molecule has 10 nitrogen and oxygen atoms in total. The Morgan fingerprint density at radius 1 is 0.723 bits per heavy atom. The predicted octanol–water partition coefficient (Wildman–Crippen LogP) is 11.8. The van der Waals surface area contributed by atoms with Gasteiger partial charge in [0.15, 0.2) is 0 Å². The third-order valence-corrected chi connectivity index (χ3v) is 12.9. The van der Waals surface area contributed by atoms with E-state index < -0.39 is 0 Å². The standard InChI is InChI=1S/C28H36N4O.C27H34N4O/c1-5-20(4)32-15-13-21(14-16-32)26-19-29-27-12-11-23(18-25(26)27)30-28(33)22-9-8-10-24(17-22)31(6-2)7-3;1-27(2,3)18-31-14-12-19(13-15-31)23-17-28-24-11-10-20(16-22(23)24)29-26(32)21-8-6-7-9-25(21)30(4)5/h8-13,17-20,29H,5-7,14-16H2,1-4H3,(H,30,33);6-12,16-17,28H,13-15,18H2,1-5H3,(H,29,32). The Kier molecular flexibility index (Phi) is 15.0. The number of rotatable bonds is 13. The summed E-state index contributed by atoms with van der Waals surface area (Å²) in [5, 5.41) is 8.51.